The van der Waals surface area contributed by atoms with Crippen LogP contribution in [0, 0.1) is 34.6 Å². The van der Waals surface area contributed by atoms with Gasteiger partial charge in [0.15, 0.2) is 5.17 Å². The van der Waals surface area contributed by atoms with E-state index in [1.807, 2.05) is 74.5 Å². The van der Waals surface area contributed by atoms with Crippen molar-refractivity contribution in [2.45, 2.75) is 34.6 Å². The third-order valence-electron chi connectivity index (χ3n) is 6.70. The maximum atomic E-state index is 13.7. The van der Waals surface area contributed by atoms with Crippen molar-refractivity contribution in [2.75, 3.05) is 4.90 Å². The van der Waals surface area contributed by atoms with Crippen LogP contribution in [0.1, 0.15) is 33.6 Å². The minimum atomic E-state index is -0.132. The summed E-state index contributed by atoms with van der Waals surface area (Å²) in [7, 11) is 0. The highest BCUT2D eigenvalue weighted by Gasteiger charge is 2.35. The van der Waals surface area contributed by atoms with Gasteiger partial charge in [0.25, 0.3) is 5.91 Å². The molecular weight excluding hydrogens is 500 g/mol. The Hall–Kier alpha value is -3.54. The van der Waals surface area contributed by atoms with Gasteiger partial charge in [-0.1, -0.05) is 35.9 Å². The van der Waals surface area contributed by atoms with Crippen molar-refractivity contribution in [1.82, 2.24) is 0 Å². The Bertz CT molecular complexity index is 1600. The van der Waals surface area contributed by atoms with Crippen molar-refractivity contribution in [3.05, 3.63) is 110 Å². The van der Waals surface area contributed by atoms with Crippen LogP contribution in [0.25, 0.3) is 17.4 Å². The first-order valence-corrected chi connectivity index (χ1v) is 13.2. The van der Waals surface area contributed by atoms with Gasteiger partial charge < -0.3 is 4.42 Å². The zero-order valence-corrected chi connectivity index (χ0v) is 23.0. The summed E-state index contributed by atoms with van der Waals surface area (Å²) in [6.45, 7) is 10.2. The fourth-order valence-corrected chi connectivity index (χ4v) is 5.28. The molecule has 0 saturated carbocycles. The van der Waals surface area contributed by atoms with E-state index in [0.717, 1.165) is 33.6 Å². The fraction of sp³-hybridized carbons (Fsp3) is 0.161. The summed E-state index contributed by atoms with van der Waals surface area (Å²) in [6.07, 6.45) is 1.79. The Morgan fingerprint density at radius 3 is 2.32 bits per heavy atom. The van der Waals surface area contributed by atoms with E-state index in [1.54, 1.807) is 11.0 Å². The van der Waals surface area contributed by atoms with Crippen LogP contribution in [0.15, 0.2) is 81.0 Å². The lowest BCUT2D eigenvalue weighted by Crippen LogP contribution is -2.28. The van der Waals surface area contributed by atoms with Crippen molar-refractivity contribution < 1.29 is 9.21 Å². The zero-order chi connectivity index (χ0) is 26.3. The van der Waals surface area contributed by atoms with Gasteiger partial charge in [0.05, 0.1) is 16.3 Å². The summed E-state index contributed by atoms with van der Waals surface area (Å²) in [5.41, 5.74) is 8.13. The van der Waals surface area contributed by atoms with E-state index in [0.29, 0.717) is 26.6 Å². The predicted octanol–water partition coefficient (Wildman–Crippen LogP) is 8.95. The smallest absolute Gasteiger partial charge is 0.271 e. The number of aliphatic imine (C=N–C) groups is 1. The average molecular weight is 527 g/mol. The second kappa shape index (κ2) is 10.1. The molecule has 1 aliphatic heterocycles. The minimum Gasteiger partial charge on any atom is -0.457 e. The molecule has 0 radical (unpaired) electrons. The molecule has 5 rings (SSSR count). The molecule has 1 aromatic heterocycles. The molecule has 0 aliphatic carbocycles. The van der Waals surface area contributed by atoms with Gasteiger partial charge >= 0.3 is 0 Å². The third-order valence-corrected chi connectivity index (χ3v) is 8.08. The number of hydrogen-bond acceptors (Lipinski definition) is 4. The van der Waals surface area contributed by atoms with Gasteiger partial charge in [-0.25, -0.2) is 4.99 Å². The first kappa shape index (κ1) is 25.1. The van der Waals surface area contributed by atoms with E-state index < -0.39 is 0 Å². The van der Waals surface area contributed by atoms with Crippen molar-refractivity contribution in [3.8, 4) is 11.3 Å². The topological polar surface area (TPSA) is 45.8 Å². The highest BCUT2D eigenvalue weighted by atomic mass is 35.5. The summed E-state index contributed by atoms with van der Waals surface area (Å²) in [6, 6.07) is 21.6. The van der Waals surface area contributed by atoms with Gasteiger partial charge in [-0.05, 0) is 117 Å². The molecule has 4 aromatic rings. The number of benzene rings is 3. The Balaban J connectivity index is 1.55. The van der Waals surface area contributed by atoms with Gasteiger partial charge in [0.2, 0.25) is 0 Å². The van der Waals surface area contributed by atoms with Crippen molar-refractivity contribution in [2.24, 2.45) is 4.99 Å². The fourth-order valence-electron chi connectivity index (χ4n) is 4.13. The molecule has 0 unspecified atom stereocenters. The van der Waals surface area contributed by atoms with Crippen LogP contribution < -0.4 is 4.90 Å². The zero-order valence-electron chi connectivity index (χ0n) is 21.4. The first-order valence-electron chi connectivity index (χ1n) is 12.0. The standard InChI is InChI=1S/C31H27ClN2O2S/c1-18-9-11-23(15-20(18)3)33-31-34(24-12-10-19(2)21(4)16-24)30(35)29(37-31)17-25-13-14-28(36-25)26-7-6-8-27(32)22(26)5/h6-17H,1-5H3/b29-17-,33-31?. The van der Waals surface area contributed by atoms with E-state index in [4.69, 9.17) is 21.0 Å². The van der Waals surface area contributed by atoms with Crippen LogP contribution in [0.5, 0.6) is 0 Å². The number of anilines is 1. The molecule has 0 spiro atoms. The molecule has 0 bridgehead atoms. The first-order chi connectivity index (χ1) is 17.7. The van der Waals surface area contributed by atoms with Crippen LogP contribution in [0.3, 0.4) is 0 Å². The van der Waals surface area contributed by atoms with Gasteiger partial charge in [0, 0.05) is 16.7 Å². The van der Waals surface area contributed by atoms with Crippen LogP contribution in [-0.4, -0.2) is 11.1 Å². The Kier molecular flexibility index (Phi) is 6.84. The number of furan rings is 1. The van der Waals surface area contributed by atoms with Gasteiger partial charge in [-0.15, -0.1) is 0 Å². The lowest BCUT2D eigenvalue weighted by molar-refractivity contribution is -0.113. The molecule has 1 saturated heterocycles. The second-order valence-corrected chi connectivity index (χ2v) is 10.7. The van der Waals surface area contributed by atoms with E-state index in [2.05, 4.69) is 26.8 Å². The number of aryl methyl sites for hydroxylation is 4. The van der Waals surface area contributed by atoms with Gasteiger partial charge in [-0.2, -0.15) is 0 Å². The Morgan fingerprint density at radius 1 is 0.865 bits per heavy atom. The molecule has 0 atom stereocenters. The number of carbonyl (C=O) groups is 1. The third kappa shape index (κ3) is 5.02. The van der Waals surface area contributed by atoms with E-state index in [1.165, 1.54) is 22.9 Å². The number of thioether (sulfide) groups is 1. The highest BCUT2D eigenvalue weighted by molar-refractivity contribution is 8.19. The summed E-state index contributed by atoms with van der Waals surface area (Å²) in [5.74, 6) is 1.17. The minimum absolute atomic E-state index is 0.132. The van der Waals surface area contributed by atoms with Gasteiger partial charge in [-0.3, -0.25) is 9.69 Å². The van der Waals surface area contributed by atoms with Gasteiger partial charge in [0.1, 0.15) is 11.5 Å². The quantitative estimate of drug-likeness (QED) is 0.249. The molecule has 1 amide bonds. The summed E-state index contributed by atoms with van der Waals surface area (Å²) in [5, 5.41) is 1.30. The van der Waals surface area contributed by atoms with Crippen molar-refractivity contribution in [1.29, 1.82) is 0 Å². The lowest BCUT2D eigenvalue weighted by Gasteiger charge is -2.17. The highest BCUT2D eigenvalue weighted by Crippen LogP contribution is 2.39. The maximum Gasteiger partial charge on any atom is 0.271 e. The number of hydrogen-bond donors (Lipinski definition) is 0. The molecule has 6 heteroatoms. The SMILES string of the molecule is Cc1ccc(N=C2S/C(=C\c3ccc(-c4cccc(Cl)c4C)o3)C(=O)N2c2ccc(C)c(C)c2)cc1C. The molecule has 3 aromatic carbocycles. The Labute approximate surface area is 226 Å². The number of halogens is 1. The van der Waals surface area contributed by atoms with Crippen LogP contribution in [0.4, 0.5) is 11.4 Å². The monoisotopic (exact) mass is 526 g/mol. The number of nitrogens with zero attached hydrogens (tertiary/aromatic N) is 2. The molecule has 37 heavy (non-hydrogen) atoms. The number of amidine groups is 1. The number of amides is 1. The van der Waals surface area contributed by atoms with Crippen molar-refractivity contribution in [3.63, 3.8) is 0 Å². The molecule has 4 nitrogen and oxygen atoms in total. The van der Waals surface area contributed by atoms with E-state index in [-0.39, 0.29) is 5.91 Å². The molecule has 0 N–H and O–H groups in total. The molecule has 2 heterocycles. The Morgan fingerprint density at radius 2 is 1.59 bits per heavy atom. The molecule has 186 valence electrons. The maximum absolute atomic E-state index is 13.7. The molecular formula is C31H27ClN2O2S. The van der Waals surface area contributed by atoms with Crippen LogP contribution >= 0.6 is 23.4 Å². The average Bonchev–Trinajstić information content (AvgIpc) is 3.44. The predicted molar refractivity (Wildman–Crippen MR) is 156 cm³/mol. The molecule has 1 aliphatic rings. The van der Waals surface area contributed by atoms with Crippen LogP contribution in [-0.2, 0) is 4.79 Å². The summed E-state index contributed by atoms with van der Waals surface area (Å²) < 4.78 is 6.12. The van der Waals surface area contributed by atoms with Crippen LogP contribution in [0.2, 0.25) is 5.02 Å². The molecule has 1 fully saturated rings. The summed E-state index contributed by atoms with van der Waals surface area (Å²) in [4.78, 5) is 20.8. The van der Waals surface area contributed by atoms with E-state index in [9.17, 15) is 4.79 Å². The summed E-state index contributed by atoms with van der Waals surface area (Å²) >= 11 is 7.65. The van der Waals surface area contributed by atoms with E-state index >= 15 is 0 Å². The lowest BCUT2D eigenvalue weighted by atomic mass is 10.1. The second-order valence-electron chi connectivity index (χ2n) is 9.30. The van der Waals surface area contributed by atoms with Crippen molar-refractivity contribution >= 4 is 51.9 Å². The number of carbonyl (C=O) groups excluding carboxylic acids is 1. The normalized spacial score (nSPS) is 15.8. The number of rotatable bonds is 4. The largest absolute Gasteiger partial charge is 0.457 e.